The van der Waals surface area contributed by atoms with Crippen molar-refractivity contribution in [2.75, 3.05) is 51.3 Å². The second kappa shape index (κ2) is 9.84. The maximum Gasteiger partial charge on any atom is 0.254 e. The summed E-state index contributed by atoms with van der Waals surface area (Å²) in [5.74, 6) is 0.389. The lowest BCUT2D eigenvalue weighted by Gasteiger charge is -2.26. The molecule has 1 aliphatic rings. The fourth-order valence-electron chi connectivity index (χ4n) is 2.75. The fourth-order valence-corrected chi connectivity index (χ4v) is 2.75. The number of rotatable bonds is 8. The first-order valence-corrected chi connectivity index (χ1v) is 8.99. The Kier molecular flexibility index (Phi) is 6.92. The van der Waals surface area contributed by atoms with Crippen molar-refractivity contribution in [1.82, 2.24) is 20.2 Å². The third kappa shape index (κ3) is 5.79. The maximum absolute atomic E-state index is 12.1. The highest BCUT2D eigenvalue weighted by Crippen LogP contribution is 2.02. The molecule has 3 rings (SSSR count). The van der Waals surface area contributed by atoms with Crippen LogP contribution in [0.15, 0.2) is 42.7 Å². The number of anilines is 1. The predicted octanol–water partition coefficient (Wildman–Crippen LogP) is 1.19. The van der Waals surface area contributed by atoms with Gasteiger partial charge in [-0.1, -0.05) is 30.3 Å². The Morgan fingerprint density at radius 1 is 1.08 bits per heavy atom. The number of ether oxygens (including phenoxy) is 1. The van der Waals surface area contributed by atoms with Gasteiger partial charge in [-0.3, -0.25) is 9.69 Å². The third-order valence-electron chi connectivity index (χ3n) is 4.27. The van der Waals surface area contributed by atoms with Gasteiger partial charge in [0.1, 0.15) is 0 Å². The van der Waals surface area contributed by atoms with Crippen LogP contribution in [0, 0.1) is 0 Å². The third-order valence-corrected chi connectivity index (χ3v) is 4.27. The first-order valence-electron chi connectivity index (χ1n) is 8.99. The largest absolute Gasteiger partial charge is 0.379 e. The summed E-state index contributed by atoms with van der Waals surface area (Å²) >= 11 is 0. The lowest BCUT2D eigenvalue weighted by Crippen LogP contribution is -2.39. The van der Waals surface area contributed by atoms with Crippen LogP contribution in [0.3, 0.4) is 0 Å². The summed E-state index contributed by atoms with van der Waals surface area (Å²) < 4.78 is 5.33. The Labute approximate surface area is 153 Å². The smallest absolute Gasteiger partial charge is 0.254 e. The highest BCUT2D eigenvalue weighted by molar-refractivity contribution is 5.93. The number of nitrogens with zero attached hydrogens (tertiary/aromatic N) is 3. The minimum absolute atomic E-state index is 0.152. The average molecular weight is 355 g/mol. The molecule has 0 aliphatic carbocycles. The van der Waals surface area contributed by atoms with Crippen LogP contribution in [0.5, 0.6) is 0 Å². The molecule has 2 aromatic rings. The van der Waals surface area contributed by atoms with Gasteiger partial charge >= 0.3 is 0 Å². The quantitative estimate of drug-likeness (QED) is 0.741. The zero-order valence-corrected chi connectivity index (χ0v) is 14.9. The number of hydrogen-bond acceptors (Lipinski definition) is 6. The SMILES string of the molecule is O=C(NCCc1ccccc1)c1cnc(NCCN2CCOCC2)nc1. The molecule has 1 aliphatic heterocycles. The van der Waals surface area contributed by atoms with Crippen molar-refractivity contribution in [2.24, 2.45) is 0 Å². The van der Waals surface area contributed by atoms with E-state index < -0.39 is 0 Å². The fraction of sp³-hybridized carbons (Fsp3) is 0.421. The van der Waals surface area contributed by atoms with E-state index in [2.05, 4.69) is 25.5 Å². The molecule has 0 saturated carbocycles. The molecule has 7 nitrogen and oxygen atoms in total. The van der Waals surface area contributed by atoms with Crippen molar-refractivity contribution in [3.63, 3.8) is 0 Å². The molecule has 2 heterocycles. The van der Waals surface area contributed by atoms with Crippen LogP contribution in [0.2, 0.25) is 0 Å². The number of amides is 1. The van der Waals surface area contributed by atoms with E-state index in [0.29, 0.717) is 18.1 Å². The molecule has 1 aromatic carbocycles. The van der Waals surface area contributed by atoms with Crippen LogP contribution < -0.4 is 10.6 Å². The van der Waals surface area contributed by atoms with Crippen LogP contribution in [-0.2, 0) is 11.2 Å². The number of aromatic nitrogens is 2. The van der Waals surface area contributed by atoms with E-state index >= 15 is 0 Å². The van der Waals surface area contributed by atoms with Crippen molar-refractivity contribution < 1.29 is 9.53 Å². The van der Waals surface area contributed by atoms with Gasteiger partial charge in [0, 0.05) is 45.1 Å². The molecule has 1 aromatic heterocycles. The Morgan fingerprint density at radius 2 is 1.81 bits per heavy atom. The van der Waals surface area contributed by atoms with Gasteiger partial charge in [0.15, 0.2) is 0 Å². The zero-order valence-electron chi connectivity index (χ0n) is 14.9. The molecule has 2 N–H and O–H groups in total. The van der Waals surface area contributed by atoms with E-state index in [4.69, 9.17) is 4.74 Å². The number of carbonyl (C=O) groups excluding carboxylic acids is 1. The van der Waals surface area contributed by atoms with Crippen molar-refractivity contribution in [2.45, 2.75) is 6.42 Å². The first-order chi connectivity index (χ1) is 12.8. The number of nitrogens with one attached hydrogen (secondary N) is 2. The van der Waals surface area contributed by atoms with Crippen LogP contribution in [0.25, 0.3) is 0 Å². The van der Waals surface area contributed by atoms with Gasteiger partial charge in [0.25, 0.3) is 5.91 Å². The number of carbonyl (C=O) groups is 1. The van der Waals surface area contributed by atoms with Gasteiger partial charge in [-0.25, -0.2) is 9.97 Å². The molecule has 138 valence electrons. The zero-order chi connectivity index (χ0) is 18.0. The molecular weight excluding hydrogens is 330 g/mol. The molecule has 1 fully saturated rings. The molecule has 0 radical (unpaired) electrons. The lowest BCUT2D eigenvalue weighted by atomic mass is 10.1. The van der Waals surface area contributed by atoms with Crippen LogP contribution in [-0.4, -0.2) is 66.7 Å². The minimum Gasteiger partial charge on any atom is -0.379 e. The Bertz CT molecular complexity index is 672. The lowest BCUT2D eigenvalue weighted by molar-refractivity contribution is 0.0398. The Morgan fingerprint density at radius 3 is 2.54 bits per heavy atom. The number of benzene rings is 1. The number of hydrogen-bond donors (Lipinski definition) is 2. The summed E-state index contributed by atoms with van der Waals surface area (Å²) in [5.41, 5.74) is 1.67. The minimum atomic E-state index is -0.152. The molecule has 26 heavy (non-hydrogen) atoms. The monoisotopic (exact) mass is 355 g/mol. The molecule has 0 bridgehead atoms. The molecule has 1 saturated heterocycles. The van der Waals surface area contributed by atoms with Gasteiger partial charge in [-0.2, -0.15) is 0 Å². The topological polar surface area (TPSA) is 79.4 Å². The standard InChI is InChI=1S/C19H25N5O2/c25-18(20-7-6-16-4-2-1-3-5-16)17-14-22-19(23-15-17)21-8-9-24-10-12-26-13-11-24/h1-5,14-15H,6-13H2,(H,20,25)(H,21,22,23). The van der Waals surface area contributed by atoms with E-state index in [1.807, 2.05) is 30.3 Å². The van der Waals surface area contributed by atoms with E-state index in [0.717, 1.165) is 45.8 Å². The molecular formula is C19H25N5O2. The van der Waals surface area contributed by atoms with Crippen molar-refractivity contribution in [1.29, 1.82) is 0 Å². The van der Waals surface area contributed by atoms with E-state index in [-0.39, 0.29) is 5.91 Å². The first kappa shape index (κ1) is 18.3. The predicted molar refractivity (Wildman–Crippen MR) is 100 cm³/mol. The van der Waals surface area contributed by atoms with Gasteiger partial charge < -0.3 is 15.4 Å². The summed E-state index contributed by atoms with van der Waals surface area (Å²) in [6, 6.07) is 10.1. The second-order valence-electron chi connectivity index (χ2n) is 6.17. The summed E-state index contributed by atoms with van der Waals surface area (Å²) in [6.45, 7) is 5.80. The maximum atomic E-state index is 12.1. The number of morpholine rings is 1. The second-order valence-corrected chi connectivity index (χ2v) is 6.17. The molecule has 0 unspecified atom stereocenters. The van der Waals surface area contributed by atoms with Gasteiger partial charge in [0.2, 0.25) is 5.95 Å². The van der Waals surface area contributed by atoms with Crippen LogP contribution in [0.4, 0.5) is 5.95 Å². The van der Waals surface area contributed by atoms with E-state index in [9.17, 15) is 4.79 Å². The highest BCUT2D eigenvalue weighted by Gasteiger charge is 2.10. The van der Waals surface area contributed by atoms with Gasteiger partial charge in [-0.15, -0.1) is 0 Å². The Balaban J connectivity index is 1.38. The summed E-state index contributed by atoms with van der Waals surface area (Å²) in [7, 11) is 0. The van der Waals surface area contributed by atoms with E-state index in [1.54, 1.807) is 12.4 Å². The van der Waals surface area contributed by atoms with Crippen molar-refractivity contribution >= 4 is 11.9 Å². The molecule has 0 atom stereocenters. The van der Waals surface area contributed by atoms with Crippen LogP contribution in [0.1, 0.15) is 15.9 Å². The summed E-state index contributed by atoms with van der Waals surface area (Å²) in [5, 5.41) is 6.08. The Hall–Kier alpha value is -2.51. The van der Waals surface area contributed by atoms with E-state index in [1.165, 1.54) is 5.56 Å². The molecule has 1 amide bonds. The summed E-state index contributed by atoms with van der Waals surface area (Å²) in [6.07, 6.45) is 3.92. The van der Waals surface area contributed by atoms with Crippen LogP contribution >= 0.6 is 0 Å². The van der Waals surface area contributed by atoms with Crippen molar-refractivity contribution in [3.8, 4) is 0 Å². The normalized spacial score (nSPS) is 14.8. The van der Waals surface area contributed by atoms with Gasteiger partial charge in [0.05, 0.1) is 18.8 Å². The average Bonchev–Trinajstić information content (AvgIpc) is 2.70. The molecule has 0 spiro atoms. The van der Waals surface area contributed by atoms with Crippen molar-refractivity contribution in [3.05, 3.63) is 53.9 Å². The molecule has 7 heteroatoms. The highest BCUT2D eigenvalue weighted by atomic mass is 16.5. The summed E-state index contributed by atoms with van der Waals surface area (Å²) in [4.78, 5) is 22.9. The van der Waals surface area contributed by atoms with Gasteiger partial charge in [-0.05, 0) is 12.0 Å².